The van der Waals surface area contributed by atoms with Crippen LogP contribution in [0, 0.1) is 5.92 Å². The largest absolute Gasteiger partial charge is 0.329 e. The highest BCUT2D eigenvalue weighted by Crippen LogP contribution is 2.30. The number of carbonyl (C=O) groups is 2. The van der Waals surface area contributed by atoms with Gasteiger partial charge in [0.15, 0.2) is 0 Å². The first kappa shape index (κ1) is 18.7. The second-order valence-electron chi connectivity index (χ2n) is 7.65. The molecule has 5 nitrogen and oxygen atoms in total. The topological polar surface area (TPSA) is 61.4 Å². The molecule has 0 aromatic heterocycles. The molecular formula is C23H27N3O2. The van der Waals surface area contributed by atoms with Crippen LogP contribution in [0.3, 0.4) is 0 Å². The van der Waals surface area contributed by atoms with E-state index in [2.05, 4.69) is 41.8 Å². The summed E-state index contributed by atoms with van der Waals surface area (Å²) in [5, 5.41) is 6.33. The quantitative estimate of drug-likeness (QED) is 0.840. The van der Waals surface area contributed by atoms with Crippen LogP contribution >= 0.6 is 0 Å². The fraction of sp³-hybridized carbons (Fsp3) is 0.391. The maximum Gasteiger partial charge on any atom is 0.254 e. The van der Waals surface area contributed by atoms with Gasteiger partial charge in [-0.25, -0.2) is 0 Å². The Kier molecular flexibility index (Phi) is 5.44. The zero-order valence-corrected chi connectivity index (χ0v) is 16.3. The summed E-state index contributed by atoms with van der Waals surface area (Å²) in [5.41, 5.74) is 3.86. The maximum atomic E-state index is 13.2. The summed E-state index contributed by atoms with van der Waals surface area (Å²) in [5.74, 6) is 0.282. The normalized spacial score (nSPS) is 19.3. The zero-order chi connectivity index (χ0) is 19.5. The standard InChI is InChI=1S/C23H27N3O2/c1-2-16-3-5-17(6-4-16)21-15-24-13-14-26(21)23(28)19-9-11-20(12-10-19)25-22(27)18-7-8-18/h3-6,9-12,18,21,24H,2,7-8,13-15H2,1H3,(H,25,27). The summed E-state index contributed by atoms with van der Waals surface area (Å²) in [6, 6.07) is 15.8. The van der Waals surface area contributed by atoms with Crippen LogP contribution in [0.1, 0.15) is 47.3 Å². The third-order valence-corrected chi connectivity index (χ3v) is 5.62. The number of piperazine rings is 1. The molecular weight excluding hydrogens is 350 g/mol. The lowest BCUT2D eigenvalue weighted by Crippen LogP contribution is -2.48. The molecule has 2 amide bonds. The van der Waals surface area contributed by atoms with Gasteiger partial charge in [-0.3, -0.25) is 9.59 Å². The average molecular weight is 377 g/mol. The Morgan fingerprint density at radius 1 is 1.07 bits per heavy atom. The van der Waals surface area contributed by atoms with Crippen molar-refractivity contribution in [2.45, 2.75) is 32.2 Å². The fourth-order valence-corrected chi connectivity index (χ4v) is 3.67. The summed E-state index contributed by atoms with van der Waals surface area (Å²) < 4.78 is 0. The Morgan fingerprint density at radius 3 is 2.43 bits per heavy atom. The molecule has 1 aliphatic carbocycles. The number of nitrogens with zero attached hydrogens (tertiary/aromatic N) is 1. The molecule has 4 rings (SSSR count). The molecule has 2 aliphatic rings. The van der Waals surface area contributed by atoms with Crippen molar-refractivity contribution in [2.75, 3.05) is 25.0 Å². The van der Waals surface area contributed by atoms with Crippen molar-refractivity contribution in [3.8, 4) is 0 Å². The number of hydrogen-bond acceptors (Lipinski definition) is 3. The van der Waals surface area contributed by atoms with E-state index >= 15 is 0 Å². The van der Waals surface area contributed by atoms with Crippen molar-refractivity contribution in [3.63, 3.8) is 0 Å². The van der Waals surface area contributed by atoms with E-state index in [0.717, 1.165) is 43.6 Å². The Morgan fingerprint density at radius 2 is 1.79 bits per heavy atom. The van der Waals surface area contributed by atoms with Crippen LogP contribution in [0.5, 0.6) is 0 Å². The molecule has 1 unspecified atom stereocenters. The molecule has 2 N–H and O–H groups in total. The summed E-state index contributed by atoms with van der Waals surface area (Å²) in [6.45, 7) is 4.38. The van der Waals surface area contributed by atoms with Crippen LogP contribution in [-0.4, -0.2) is 36.3 Å². The molecule has 5 heteroatoms. The van der Waals surface area contributed by atoms with E-state index in [1.165, 1.54) is 5.56 Å². The lowest BCUT2D eigenvalue weighted by Gasteiger charge is -2.36. The first-order valence-corrected chi connectivity index (χ1v) is 10.2. The SMILES string of the molecule is CCc1ccc(C2CNCCN2C(=O)c2ccc(NC(=O)C3CC3)cc2)cc1. The maximum absolute atomic E-state index is 13.2. The molecule has 2 aromatic carbocycles. The minimum atomic E-state index is 0.0291. The third-order valence-electron chi connectivity index (χ3n) is 5.62. The van der Waals surface area contributed by atoms with Gasteiger partial charge < -0.3 is 15.5 Å². The highest BCUT2D eigenvalue weighted by atomic mass is 16.2. The average Bonchev–Trinajstić information content (AvgIpc) is 3.59. The number of hydrogen-bond donors (Lipinski definition) is 2. The fourth-order valence-electron chi connectivity index (χ4n) is 3.67. The van der Waals surface area contributed by atoms with Gasteiger partial charge in [-0.2, -0.15) is 0 Å². The number of amides is 2. The Labute approximate surface area is 166 Å². The van der Waals surface area contributed by atoms with E-state index in [1.807, 2.05) is 29.2 Å². The molecule has 2 aromatic rings. The van der Waals surface area contributed by atoms with Crippen molar-refractivity contribution in [1.29, 1.82) is 0 Å². The summed E-state index contributed by atoms with van der Waals surface area (Å²) in [4.78, 5) is 27.0. The van der Waals surface area contributed by atoms with Crippen LogP contribution in [0.25, 0.3) is 0 Å². The van der Waals surface area contributed by atoms with E-state index in [-0.39, 0.29) is 23.8 Å². The molecule has 146 valence electrons. The predicted molar refractivity (Wildman–Crippen MR) is 110 cm³/mol. The Hall–Kier alpha value is -2.66. The van der Waals surface area contributed by atoms with Crippen LogP contribution in [-0.2, 0) is 11.2 Å². The van der Waals surface area contributed by atoms with Gasteiger partial charge in [0.25, 0.3) is 5.91 Å². The van der Waals surface area contributed by atoms with Crippen molar-refractivity contribution >= 4 is 17.5 Å². The molecule has 1 saturated heterocycles. The van der Waals surface area contributed by atoms with Crippen LogP contribution < -0.4 is 10.6 Å². The van der Waals surface area contributed by atoms with Crippen LogP contribution in [0.2, 0.25) is 0 Å². The van der Waals surface area contributed by atoms with E-state index < -0.39 is 0 Å². The Bertz CT molecular complexity index is 841. The second kappa shape index (κ2) is 8.15. The first-order valence-electron chi connectivity index (χ1n) is 10.2. The lowest BCUT2D eigenvalue weighted by atomic mass is 10.00. The van der Waals surface area contributed by atoms with Gasteiger partial charge >= 0.3 is 0 Å². The summed E-state index contributed by atoms with van der Waals surface area (Å²) in [6.07, 6.45) is 2.97. The van der Waals surface area contributed by atoms with Gasteiger partial charge in [0.1, 0.15) is 0 Å². The summed E-state index contributed by atoms with van der Waals surface area (Å²) >= 11 is 0. The van der Waals surface area contributed by atoms with Crippen LogP contribution in [0.4, 0.5) is 5.69 Å². The molecule has 0 spiro atoms. The van der Waals surface area contributed by atoms with Gasteiger partial charge in [0.05, 0.1) is 6.04 Å². The number of anilines is 1. The molecule has 1 saturated carbocycles. The van der Waals surface area contributed by atoms with Crippen LogP contribution in [0.15, 0.2) is 48.5 Å². The van der Waals surface area contributed by atoms with Crippen molar-refractivity contribution in [1.82, 2.24) is 10.2 Å². The van der Waals surface area contributed by atoms with Crippen molar-refractivity contribution in [3.05, 3.63) is 65.2 Å². The van der Waals surface area contributed by atoms with Gasteiger partial charge in [-0.1, -0.05) is 31.2 Å². The predicted octanol–water partition coefficient (Wildman–Crippen LogP) is 3.38. The van der Waals surface area contributed by atoms with E-state index in [0.29, 0.717) is 12.1 Å². The first-order chi connectivity index (χ1) is 13.7. The van der Waals surface area contributed by atoms with Gasteiger partial charge in [-0.15, -0.1) is 0 Å². The van der Waals surface area contributed by atoms with Crippen molar-refractivity contribution < 1.29 is 9.59 Å². The molecule has 1 aliphatic heterocycles. The summed E-state index contributed by atoms with van der Waals surface area (Å²) in [7, 11) is 0. The number of aryl methyl sites for hydroxylation is 1. The number of benzene rings is 2. The highest BCUT2D eigenvalue weighted by molar-refractivity contribution is 5.97. The zero-order valence-electron chi connectivity index (χ0n) is 16.3. The van der Waals surface area contributed by atoms with Crippen molar-refractivity contribution in [2.24, 2.45) is 5.92 Å². The lowest BCUT2D eigenvalue weighted by molar-refractivity contribution is -0.117. The molecule has 1 atom stereocenters. The van der Waals surface area contributed by atoms with E-state index in [4.69, 9.17) is 0 Å². The smallest absolute Gasteiger partial charge is 0.254 e. The van der Waals surface area contributed by atoms with E-state index in [1.54, 1.807) is 0 Å². The van der Waals surface area contributed by atoms with Gasteiger partial charge in [0, 0.05) is 36.8 Å². The van der Waals surface area contributed by atoms with Gasteiger partial charge in [0.2, 0.25) is 5.91 Å². The molecule has 2 fully saturated rings. The molecule has 0 bridgehead atoms. The Balaban J connectivity index is 1.48. The van der Waals surface area contributed by atoms with Gasteiger partial charge in [-0.05, 0) is 54.7 Å². The van der Waals surface area contributed by atoms with E-state index in [9.17, 15) is 9.59 Å². The second-order valence-corrected chi connectivity index (χ2v) is 7.65. The molecule has 0 radical (unpaired) electrons. The number of nitrogens with one attached hydrogen (secondary N) is 2. The number of carbonyl (C=O) groups excluding carboxylic acids is 2. The number of rotatable bonds is 5. The minimum absolute atomic E-state index is 0.0291. The third kappa shape index (κ3) is 4.09. The molecule has 28 heavy (non-hydrogen) atoms. The minimum Gasteiger partial charge on any atom is -0.329 e. The highest BCUT2D eigenvalue weighted by Gasteiger charge is 2.30. The molecule has 1 heterocycles. The monoisotopic (exact) mass is 377 g/mol.